The number of hydrogen-bond donors (Lipinski definition) is 1. The minimum atomic E-state index is -0.000833. The maximum Gasteiger partial charge on any atom is 0.254 e. The number of methoxy groups -OCH3 is 1. The van der Waals surface area contributed by atoms with Gasteiger partial charge < -0.3 is 15.4 Å². The standard InChI is InChI=1S/C16H21N3O2/c1-21-12-11-19(10-4-8-17)16(20)14-7-9-18-15-6-3-2-5-13(14)15/h2-3,5-7,9H,4,8,10-12,17H2,1H3. The maximum absolute atomic E-state index is 12.8. The fraction of sp³-hybridized carbons (Fsp3) is 0.375. The summed E-state index contributed by atoms with van der Waals surface area (Å²) in [5.74, 6) is -0.000833. The lowest BCUT2D eigenvalue weighted by molar-refractivity contribution is 0.0696. The van der Waals surface area contributed by atoms with Crippen LogP contribution in [-0.4, -0.2) is 49.1 Å². The van der Waals surface area contributed by atoms with Gasteiger partial charge >= 0.3 is 0 Å². The molecule has 2 N–H and O–H groups in total. The second-order valence-electron chi connectivity index (χ2n) is 4.80. The molecule has 5 nitrogen and oxygen atoms in total. The lowest BCUT2D eigenvalue weighted by atomic mass is 10.1. The summed E-state index contributed by atoms with van der Waals surface area (Å²) in [5, 5.41) is 0.875. The van der Waals surface area contributed by atoms with Crippen LogP contribution >= 0.6 is 0 Å². The number of fused-ring (bicyclic) bond motifs is 1. The van der Waals surface area contributed by atoms with E-state index < -0.39 is 0 Å². The fourth-order valence-electron chi connectivity index (χ4n) is 2.25. The van der Waals surface area contributed by atoms with Crippen molar-refractivity contribution in [2.75, 3.05) is 33.4 Å². The highest BCUT2D eigenvalue weighted by Crippen LogP contribution is 2.18. The number of hydrogen-bond acceptors (Lipinski definition) is 4. The van der Waals surface area contributed by atoms with Crippen LogP contribution in [0.15, 0.2) is 36.5 Å². The van der Waals surface area contributed by atoms with Gasteiger partial charge in [-0.3, -0.25) is 9.78 Å². The first kappa shape index (κ1) is 15.4. The van der Waals surface area contributed by atoms with Crippen molar-refractivity contribution in [3.8, 4) is 0 Å². The fourth-order valence-corrected chi connectivity index (χ4v) is 2.25. The first-order valence-electron chi connectivity index (χ1n) is 7.10. The second kappa shape index (κ2) is 7.71. The molecular weight excluding hydrogens is 266 g/mol. The molecule has 0 radical (unpaired) electrons. The summed E-state index contributed by atoms with van der Waals surface area (Å²) < 4.78 is 5.09. The van der Waals surface area contributed by atoms with E-state index in [-0.39, 0.29) is 5.91 Å². The molecule has 0 saturated heterocycles. The Kier molecular flexibility index (Phi) is 5.66. The van der Waals surface area contributed by atoms with Crippen LogP contribution < -0.4 is 5.73 Å². The number of nitrogens with zero attached hydrogens (tertiary/aromatic N) is 2. The van der Waals surface area contributed by atoms with Gasteiger partial charge in [-0.2, -0.15) is 0 Å². The molecule has 0 bridgehead atoms. The highest BCUT2D eigenvalue weighted by Gasteiger charge is 2.17. The molecule has 5 heteroatoms. The molecule has 0 aliphatic rings. The van der Waals surface area contributed by atoms with Crippen LogP contribution in [0.2, 0.25) is 0 Å². The molecule has 1 amide bonds. The summed E-state index contributed by atoms with van der Waals surface area (Å²) in [7, 11) is 1.63. The zero-order valence-electron chi connectivity index (χ0n) is 12.3. The highest BCUT2D eigenvalue weighted by molar-refractivity contribution is 6.05. The molecule has 0 aliphatic heterocycles. The van der Waals surface area contributed by atoms with Crippen molar-refractivity contribution < 1.29 is 9.53 Å². The van der Waals surface area contributed by atoms with E-state index in [1.165, 1.54) is 0 Å². The summed E-state index contributed by atoms with van der Waals surface area (Å²) in [6, 6.07) is 9.44. The van der Waals surface area contributed by atoms with E-state index in [0.717, 1.165) is 17.3 Å². The van der Waals surface area contributed by atoms with E-state index in [2.05, 4.69) is 4.98 Å². The number of para-hydroxylation sites is 1. The number of aromatic nitrogens is 1. The molecule has 2 rings (SSSR count). The van der Waals surface area contributed by atoms with Gasteiger partial charge in [0.15, 0.2) is 0 Å². The van der Waals surface area contributed by atoms with Crippen molar-refractivity contribution >= 4 is 16.8 Å². The first-order chi connectivity index (χ1) is 10.3. The predicted octanol–water partition coefficient (Wildman–Crippen LogP) is 1.67. The van der Waals surface area contributed by atoms with E-state index in [9.17, 15) is 4.79 Å². The Morgan fingerprint density at radius 1 is 1.29 bits per heavy atom. The normalized spacial score (nSPS) is 10.8. The van der Waals surface area contributed by atoms with Gasteiger partial charge in [-0.15, -0.1) is 0 Å². The summed E-state index contributed by atoms with van der Waals surface area (Å²) in [6.07, 6.45) is 2.45. The molecule has 1 heterocycles. The van der Waals surface area contributed by atoms with Crippen LogP contribution in [0.5, 0.6) is 0 Å². The summed E-state index contributed by atoms with van der Waals surface area (Å²) >= 11 is 0. The molecule has 0 saturated carbocycles. The zero-order valence-corrected chi connectivity index (χ0v) is 12.3. The van der Waals surface area contributed by atoms with Gasteiger partial charge in [-0.25, -0.2) is 0 Å². The smallest absolute Gasteiger partial charge is 0.254 e. The Labute approximate surface area is 124 Å². The van der Waals surface area contributed by atoms with E-state index in [4.69, 9.17) is 10.5 Å². The monoisotopic (exact) mass is 287 g/mol. The number of benzene rings is 1. The van der Waals surface area contributed by atoms with Gasteiger partial charge in [0.05, 0.1) is 17.7 Å². The molecule has 2 aromatic rings. The third-order valence-corrected chi connectivity index (χ3v) is 3.36. The third kappa shape index (κ3) is 3.77. The van der Waals surface area contributed by atoms with Crippen LogP contribution in [0.3, 0.4) is 0 Å². The number of pyridine rings is 1. The Balaban J connectivity index is 2.29. The molecular formula is C16H21N3O2. The van der Waals surface area contributed by atoms with Crippen LogP contribution in [-0.2, 0) is 4.74 Å². The van der Waals surface area contributed by atoms with E-state index in [0.29, 0.717) is 31.8 Å². The average molecular weight is 287 g/mol. The molecule has 0 fully saturated rings. The maximum atomic E-state index is 12.8. The van der Waals surface area contributed by atoms with Gasteiger partial charge in [0.1, 0.15) is 0 Å². The van der Waals surface area contributed by atoms with Crippen LogP contribution in [0.1, 0.15) is 16.8 Å². The van der Waals surface area contributed by atoms with Crippen molar-refractivity contribution in [2.24, 2.45) is 5.73 Å². The average Bonchev–Trinajstić information content (AvgIpc) is 2.54. The molecule has 0 unspecified atom stereocenters. The van der Waals surface area contributed by atoms with Crippen LogP contribution in [0.4, 0.5) is 0 Å². The van der Waals surface area contributed by atoms with Crippen molar-refractivity contribution in [1.29, 1.82) is 0 Å². The summed E-state index contributed by atoms with van der Waals surface area (Å²) in [4.78, 5) is 18.9. The van der Waals surface area contributed by atoms with Crippen LogP contribution in [0.25, 0.3) is 10.9 Å². The second-order valence-corrected chi connectivity index (χ2v) is 4.80. The zero-order chi connectivity index (χ0) is 15.1. The molecule has 0 spiro atoms. The summed E-state index contributed by atoms with van der Waals surface area (Å²) in [6.45, 7) is 2.27. The van der Waals surface area contributed by atoms with Crippen molar-refractivity contribution in [2.45, 2.75) is 6.42 Å². The van der Waals surface area contributed by atoms with Crippen molar-refractivity contribution in [3.63, 3.8) is 0 Å². The summed E-state index contributed by atoms with van der Waals surface area (Å²) in [5.41, 5.74) is 7.06. The molecule has 112 valence electrons. The number of nitrogens with two attached hydrogens (primary N) is 1. The van der Waals surface area contributed by atoms with Crippen molar-refractivity contribution in [1.82, 2.24) is 9.88 Å². The lowest BCUT2D eigenvalue weighted by Crippen LogP contribution is -2.35. The van der Waals surface area contributed by atoms with Gasteiger partial charge in [0.25, 0.3) is 5.91 Å². The van der Waals surface area contributed by atoms with E-state index >= 15 is 0 Å². The molecule has 0 aliphatic carbocycles. The third-order valence-electron chi connectivity index (χ3n) is 3.36. The lowest BCUT2D eigenvalue weighted by Gasteiger charge is -2.22. The van der Waals surface area contributed by atoms with Gasteiger partial charge in [-0.05, 0) is 25.1 Å². The van der Waals surface area contributed by atoms with Gasteiger partial charge in [-0.1, -0.05) is 18.2 Å². The topological polar surface area (TPSA) is 68.5 Å². The Bertz CT molecular complexity index is 588. The van der Waals surface area contributed by atoms with Gasteiger partial charge in [0.2, 0.25) is 0 Å². The molecule has 1 aromatic heterocycles. The SMILES string of the molecule is COCCN(CCCN)C(=O)c1ccnc2ccccc12. The number of ether oxygens (including phenoxy) is 1. The molecule has 0 atom stereocenters. The van der Waals surface area contributed by atoms with Crippen molar-refractivity contribution in [3.05, 3.63) is 42.1 Å². The molecule has 1 aromatic carbocycles. The van der Waals surface area contributed by atoms with Crippen LogP contribution in [0, 0.1) is 0 Å². The minimum absolute atomic E-state index is 0.000833. The van der Waals surface area contributed by atoms with Gasteiger partial charge in [0, 0.05) is 31.8 Å². The Morgan fingerprint density at radius 3 is 2.86 bits per heavy atom. The predicted molar refractivity (Wildman–Crippen MR) is 83.2 cm³/mol. The van der Waals surface area contributed by atoms with E-state index in [1.807, 2.05) is 24.3 Å². The number of rotatable bonds is 7. The number of carbonyl (C=O) groups is 1. The first-order valence-corrected chi connectivity index (χ1v) is 7.10. The quantitative estimate of drug-likeness (QED) is 0.841. The molecule has 21 heavy (non-hydrogen) atoms. The Morgan fingerprint density at radius 2 is 2.10 bits per heavy atom. The largest absolute Gasteiger partial charge is 0.383 e. The highest BCUT2D eigenvalue weighted by atomic mass is 16.5. The minimum Gasteiger partial charge on any atom is -0.383 e. The van der Waals surface area contributed by atoms with E-state index in [1.54, 1.807) is 24.3 Å². The number of carbonyl (C=O) groups excluding carboxylic acids is 1. The number of amides is 1. The Hall–Kier alpha value is -1.98.